The van der Waals surface area contributed by atoms with Crippen LogP contribution in [0.25, 0.3) is 6.08 Å². The normalized spacial score (nSPS) is 11.3. The number of carbonyl (C=O) groups excluding carboxylic acids is 3. The molecule has 0 N–H and O–H groups in total. The van der Waals surface area contributed by atoms with Gasteiger partial charge in [0.1, 0.15) is 11.5 Å². The van der Waals surface area contributed by atoms with Crippen LogP contribution in [0.1, 0.15) is 94.1 Å². The molecule has 0 aromatic heterocycles. The predicted octanol–water partition coefficient (Wildman–Crippen LogP) is 7.49. The van der Waals surface area contributed by atoms with Gasteiger partial charge in [0, 0.05) is 6.08 Å². The second kappa shape index (κ2) is 17.2. The molecule has 0 aliphatic carbocycles. The van der Waals surface area contributed by atoms with Gasteiger partial charge in [0.25, 0.3) is 0 Å². The van der Waals surface area contributed by atoms with Crippen LogP contribution in [-0.4, -0.2) is 37.7 Å². The molecule has 0 heterocycles. The van der Waals surface area contributed by atoms with Crippen molar-refractivity contribution >= 4 is 24.0 Å². The number of rotatable bonds is 17. The molecule has 218 valence electrons. The summed E-state index contributed by atoms with van der Waals surface area (Å²) in [6.45, 7) is 10.9. The fourth-order valence-electron chi connectivity index (χ4n) is 3.70. The SMILES string of the molecule is CCOC(=O)/C=C/c1ccc(OC(=O)c2ccc(OCCCCCCCCOC(=O)C(C)(C)CC)cc2)c(C)c1. The first-order valence-electron chi connectivity index (χ1n) is 14.2. The number of esters is 3. The van der Waals surface area contributed by atoms with Crippen LogP contribution in [0.3, 0.4) is 0 Å². The quantitative estimate of drug-likeness (QED) is 0.0869. The number of hydrogen-bond donors (Lipinski definition) is 0. The molecule has 0 saturated carbocycles. The topological polar surface area (TPSA) is 88.1 Å². The second-order valence-electron chi connectivity index (χ2n) is 10.4. The number of aryl methyl sites for hydroxylation is 1. The Bertz CT molecular complexity index is 1120. The summed E-state index contributed by atoms with van der Waals surface area (Å²) >= 11 is 0. The van der Waals surface area contributed by atoms with Crippen molar-refractivity contribution in [2.24, 2.45) is 5.41 Å². The van der Waals surface area contributed by atoms with Crippen LogP contribution in [0.4, 0.5) is 0 Å². The summed E-state index contributed by atoms with van der Waals surface area (Å²) < 4.78 is 21.6. The highest BCUT2D eigenvalue weighted by atomic mass is 16.5. The van der Waals surface area contributed by atoms with E-state index >= 15 is 0 Å². The Hall–Kier alpha value is -3.61. The third-order valence-corrected chi connectivity index (χ3v) is 6.67. The van der Waals surface area contributed by atoms with E-state index in [1.54, 1.807) is 49.4 Å². The first kappa shape index (κ1) is 32.6. The van der Waals surface area contributed by atoms with Crippen molar-refractivity contribution in [3.05, 3.63) is 65.2 Å². The summed E-state index contributed by atoms with van der Waals surface area (Å²) in [7, 11) is 0. The highest BCUT2D eigenvalue weighted by Gasteiger charge is 2.26. The summed E-state index contributed by atoms with van der Waals surface area (Å²) in [6, 6.07) is 12.2. The summed E-state index contributed by atoms with van der Waals surface area (Å²) in [5.74, 6) is 0.207. The first-order valence-corrected chi connectivity index (χ1v) is 14.2. The maximum atomic E-state index is 12.6. The van der Waals surface area contributed by atoms with Gasteiger partial charge in [0.2, 0.25) is 0 Å². The van der Waals surface area contributed by atoms with Gasteiger partial charge in [-0.2, -0.15) is 0 Å². The summed E-state index contributed by atoms with van der Waals surface area (Å²) in [5.41, 5.74) is 1.62. The van der Waals surface area contributed by atoms with Gasteiger partial charge >= 0.3 is 17.9 Å². The molecule has 0 fully saturated rings. The summed E-state index contributed by atoms with van der Waals surface area (Å²) in [6.07, 6.45) is 10.0. The molecule has 0 radical (unpaired) electrons. The average molecular weight is 553 g/mol. The van der Waals surface area contributed by atoms with E-state index in [4.69, 9.17) is 18.9 Å². The Labute approximate surface area is 238 Å². The van der Waals surface area contributed by atoms with Crippen LogP contribution >= 0.6 is 0 Å². The molecule has 7 nitrogen and oxygen atoms in total. The van der Waals surface area contributed by atoms with Gasteiger partial charge in [-0.25, -0.2) is 9.59 Å². The van der Waals surface area contributed by atoms with Crippen LogP contribution in [0.2, 0.25) is 0 Å². The number of benzene rings is 2. The molecule has 0 saturated heterocycles. The van der Waals surface area contributed by atoms with Crippen LogP contribution < -0.4 is 9.47 Å². The van der Waals surface area contributed by atoms with Crippen LogP contribution in [0, 0.1) is 12.3 Å². The van der Waals surface area contributed by atoms with E-state index < -0.39 is 17.4 Å². The van der Waals surface area contributed by atoms with Gasteiger partial charge in [-0.1, -0.05) is 38.7 Å². The van der Waals surface area contributed by atoms with Crippen LogP contribution in [-0.2, 0) is 19.1 Å². The molecule has 0 unspecified atom stereocenters. The van der Waals surface area contributed by atoms with Crippen molar-refractivity contribution in [3.63, 3.8) is 0 Å². The van der Waals surface area contributed by atoms with E-state index in [1.165, 1.54) is 6.08 Å². The number of ether oxygens (including phenoxy) is 4. The van der Waals surface area contributed by atoms with Crippen molar-refractivity contribution in [2.45, 2.75) is 79.6 Å². The van der Waals surface area contributed by atoms with E-state index in [1.807, 2.05) is 33.8 Å². The molecule has 0 atom stereocenters. The molecule has 2 aromatic rings. The number of hydrogen-bond acceptors (Lipinski definition) is 7. The van der Waals surface area contributed by atoms with Crippen molar-refractivity contribution in [2.75, 3.05) is 19.8 Å². The lowest BCUT2D eigenvalue weighted by Crippen LogP contribution is -2.26. The highest BCUT2D eigenvalue weighted by molar-refractivity contribution is 5.91. The lowest BCUT2D eigenvalue weighted by Gasteiger charge is -2.20. The smallest absolute Gasteiger partial charge is 0.343 e. The monoisotopic (exact) mass is 552 g/mol. The van der Waals surface area contributed by atoms with Crippen molar-refractivity contribution in [3.8, 4) is 11.5 Å². The highest BCUT2D eigenvalue weighted by Crippen LogP contribution is 2.23. The van der Waals surface area contributed by atoms with Gasteiger partial charge in [-0.3, -0.25) is 4.79 Å². The van der Waals surface area contributed by atoms with E-state index in [2.05, 4.69) is 0 Å². The molecule has 0 bridgehead atoms. The minimum atomic E-state index is -0.451. The van der Waals surface area contributed by atoms with Gasteiger partial charge in [0.05, 0.1) is 30.8 Å². The second-order valence-corrected chi connectivity index (χ2v) is 10.4. The molecule has 40 heavy (non-hydrogen) atoms. The Morgan fingerprint density at radius 3 is 2.10 bits per heavy atom. The fourth-order valence-corrected chi connectivity index (χ4v) is 3.70. The minimum absolute atomic E-state index is 0.111. The molecule has 0 amide bonds. The molecular weight excluding hydrogens is 508 g/mol. The zero-order valence-electron chi connectivity index (χ0n) is 24.6. The van der Waals surface area contributed by atoms with Gasteiger partial charge in [0.15, 0.2) is 0 Å². The molecule has 0 aliphatic heterocycles. The van der Waals surface area contributed by atoms with Crippen molar-refractivity contribution < 1.29 is 33.3 Å². The van der Waals surface area contributed by atoms with Crippen LogP contribution in [0.15, 0.2) is 48.5 Å². The third kappa shape index (κ3) is 11.6. The van der Waals surface area contributed by atoms with E-state index in [0.717, 1.165) is 56.1 Å². The van der Waals surface area contributed by atoms with Crippen molar-refractivity contribution in [1.29, 1.82) is 0 Å². The zero-order valence-corrected chi connectivity index (χ0v) is 24.6. The minimum Gasteiger partial charge on any atom is -0.494 e. The number of carbonyl (C=O) groups is 3. The Morgan fingerprint density at radius 1 is 0.825 bits per heavy atom. The average Bonchev–Trinajstić information content (AvgIpc) is 2.94. The summed E-state index contributed by atoms with van der Waals surface area (Å²) in [4.78, 5) is 36.0. The van der Waals surface area contributed by atoms with Crippen LogP contribution in [0.5, 0.6) is 11.5 Å². The fraction of sp³-hybridized carbons (Fsp3) is 0.485. The molecule has 0 aliphatic rings. The van der Waals surface area contributed by atoms with E-state index in [9.17, 15) is 14.4 Å². The number of unbranched alkanes of at least 4 members (excludes halogenated alkanes) is 5. The van der Waals surface area contributed by atoms with E-state index in [-0.39, 0.29) is 5.97 Å². The van der Waals surface area contributed by atoms with E-state index in [0.29, 0.717) is 36.9 Å². The maximum Gasteiger partial charge on any atom is 0.343 e. The molecule has 0 spiro atoms. The molecule has 2 aromatic carbocycles. The maximum absolute atomic E-state index is 12.6. The van der Waals surface area contributed by atoms with Crippen molar-refractivity contribution in [1.82, 2.24) is 0 Å². The van der Waals surface area contributed by atoms with Gasteiger partial charge < -0.3 is 18.9 Å². The lowest BCUT2D eigenvalue weighted by atomic mass is 9.91. The Balaban J connectivity index is 1.64. The third-order valence-electron chi connectivity index (χ3n) is 6.67. The largest absolute Gasteiger partial charge is 0.494 e. The van der Waals surface area contributed by atoms with Gasteiger partial charge in [-0.15, -0.1) is 0 Å². The summed E-state index contributed by atoms with van der Waals surface area (Å²) in [5, 5.41) is 0. The zero-order chi connectivity index (χ0) is 29.4. The molecular formula is C33H44O7. The Kier molecular flexibility index (Phi) is 14.0. The standard InChI is InChI=1S/C33H44O7/c1-6-33(4,5)32(36)39-23-13-11-9-8-10-12-22-38-28-18-16-27(17-19-28)31(35)40-29-20-14-26(24-25(29)3)15-21-30(34)37-7-2/h14-21,24H,6-13,22-23H2,1-5H3/b21-15+. The van der Waals surface area contributed by atoms with Gasteiger partial charge in [-0.05, 0) is 101 Å². The lowest BCUT2D eigenvalue weighted by molar-refractivity contribution is -0.154. The Morgan fingerprint density at radius 2 is 1.48 bits per heavy atom. The molecule has 2 rings (SSSR count). The molecule has 7 heteroatoms. The predicted molar refractivity (Wildman–Crippen MR) is 156 cm³/mol. The first-order chi connectivity index (χ1) is 19.2.